The Hall–Kier alpha value is 0.270. The van der Waals surface area contributed by atoms with E-state index in [0.29, 0.717) is 12.0 Å². The Morgan fingerprint density at radius 3 is 2.80 bits per heavy atom. The number of hydrogen-bond acceptors (Lipinski definition) is 3. The minimum absolute atomic E-state index is 0.245. The van der Waals surface area contributed by atoms with E-state index in [1.165, 1.54) is 0 Å². The highest BCUT2D eigenvalue weighted by atomic mass is 32.2. The molecule has 0 aromatic heterocycles. The van der Waals surface area contributed by atoms with Gasteiger partial charge >= 0.3 is 0 Å². The van der Waals surface area contributed by atoms with Crippen LogP contribution in [0.1, 0.15) is 20.3 Å². The molecule has 1 N–H and O–H groups in total. The van der Waals surface area contributed by atoms with Crippen molar-refractivity contribution in [3.05, 3.63) is 0 Å². The van der Waals surface area contributed by atoms with E-state index in [2.05, 4.69) is 13.8 Å². The van der Waals surface area contributed by atoms with E-state index in [1.807, 2.05) is 0 Å². The number of rotatable bonds is 6. The Bertz CT molecular complexity index is 68.6. The molecule has 0 aromatic rings. The lowest BCUT2D eigenvalue weighted by Crippen LogP contribution is -2.06. The molecule has 0 amide bonds. The Labute approximate surface area is 67.0 Å². The third-order valence-corrected chi connectivity index (χ3v) is 2.02. The zero-order chi connectivity index (χ0) is 7.82. The number of aliphatic hydroxyl groups excluding tert-OH is 1. The summed E-state index contributed by atoms with van der Waals surface area (Å²) in [5, 5.41) is 8.41. The van der Waals surface area contributed by atoms with E-state index in [-0.39, 0.29) is 6.61 Å². The molecule has 0 saturated heterocycles. The molecule has 0 saturated carbocycles. The van der Waals surface area contributed by atoms with Crippen LogP contribution in [0, 0.1) is 0 Å². The fourth-order valence-electron chi connectivity index (χ4n) is 0.406. The second kappa shape index (κ2) is 7.38. The first kappa shape index (κ1) is 10.3. The van der Waals surface area contributed by atoms with Crippen LogP contribution in [0.3, 0.4) is 0 Å². The largest absolute Gasteiger partial charge is 0.396 e. The first-order valence-electron chi connectivity index (χ1n) is 3.61. The minimum atomic E-state index is 0.245. The van der Waals surface area contributed by atoms with Crippen molar-refractivity contribution in [1.29, 1.82) is 0 Å². The summed E-state index contributed by atoms with van der Waals surface area (Å²) < 4.78 is 5.35. The van der Waals surface area contributed by atoms with E-state index in [1.54, 1.807) is 11.8 Å². The van der Waals surface area contributed by atoms with Crippen molar-refractivity contribution in [2.24, 2.45) is 0 Å². The lowest BCUT2D eigenvalue weighted by Gasteiger charge is -2.08. The molecule has 0 aliphatic heterocycles. The van der Waals surface area contributed by atoms with Crippen LogP contribution in [0.4, 0.5) is 0 Å². The molecule has 0 aliphatic carbocycles. The van der Waals surface area contributed by atoms with Crippen LogP contribution >= 0.6 is 11.8 Å². The second-order valence-corrected chi connectivity index (χ2v) is 3.19. The summed E-state index contributed by atoms with van der Waals surface area (Å²) in [6.07, 6.45) is 1.41. The summed E-state index contributed by atoms with van der Waals surface area (Å²) in [5.41, 5.74) is 0. The second-order valence-electron chi connectivity index (χ2n) is 2.14. The monoisotopic (exact) mass is 164 g/mol. The van der Waals surface area contributed by atoms with Gasteiger partial charge in [0, 0.05) is 5.75 Å². The highest BCUT2D eigenvalue weighted by Gasteiger charge is 1.96. The molecule has 1 atom stereocenters. The molecule has 0 aliphatic rings. The topological polar surface area (TPSA) is 29.5 Å². The van der Waals surface area contributed by atoms with Gasteiger partial charge in [-0.1, -0.05) is 6.92 Å². The first-order chi connectivity index (χ1) is 4.81. The lowest BCUT2D eigenvalue weighted by molar-refractivity contribution is 0.102. The molecule has 3 heteroatoms. The predicted molar refractivity (Wildman–Crippen MR) is 45.2 cm³/mol. The van der Waals surface area contributed by atoms with E-state index < -0.39 is 0 Å². The quantitative estimate of drug-likeness (QED) is 0.476. The average Bonchev–Trinajstić information content (AvgIpc) is 1.98. The fraction of sp³-hybridized carbons (Fsp3) is 1.00. The van der Waals surface area contributed by atoms with Gasteiger partial charge in [-0.3, -0.25) is 0 Å². The van der Waals surface area contributed by atoms with Crippen LogP contribution < -0.4 is 0 Å². The number of thioether (sulfide) groups is 1. The van der Waals surface area contributed by atoms with Gasteiger partial charge in [0.25, 0.3) is 0 Å². The van der Waals surface area contributed by atoms with Crippen LogP contribution in [-0.4, -0.2) is 29.5 Å². The van der Waals surface area contributed by atoms with Crippen molar-refractivity contribution >= 4 is 11.8 Å². The van der Waals surface area contributed by atoms with Crippen molar-refractivity contribution in [2.75, 3.05) is 18.3 Å². The first-order valence-corrected chi connectivity index (χ1v) is 4.77. The van der Waals surface area contributed by atoms with Crippen molar-refractivity contribution in [2.45, 2.75) is 26.4 Å². The summed E-state index contributed by atoms with van der Waals surface area (Å²) >= 11 is 1.62. The Morgan fingerprint density at radius 2 is 2.30 bits per heavy atom. The van der Waals surface area contributed by atoms with E-state index >= 15 is 0 Å². The smallest absolute Gasteiger partial charge is 0.0925 e. The molecular formula is C7H16O2S. The maximum Gasteiger partial charge on any atom is 0.0925 e. The van der Waals surface area contributed by atoms with E-state index in [4.69, 9.17) is 9.84 Å². The van der Waals surface area contributed by atoms with Crippen LogP contribution in [0.25, 0.3) is 0 Å². The summed E-state index contributed by atoms with van der Waals surface area (Å²) in [6, 6.07) is 0. The fourth-order valence-corrected chi connectivity index (χ4v) is 0.981. The molecule has 0 bridgehead atoms. The van der Waals surface area contributed by atoms with E-state index in [9.17, 15) is 0 Å². The van der Waals surface area contributed by atoms with Crippen molar-refractivity contribution in [3.63, 3.8) is 0 Å². The molecule has 1 unspecified atom stereocenters. The Morgan fingerprint density at radius 1 is 1.60 bits per heavy atom. The van der Waals surface area contributed by atoms with Gasteiger partial charge in [0.1, 0.15) is 0 Å². The SMILES string of the molecule is CCC(C)OCSCCO. The molecule has 0 fully saturated rings. The molecule has 0 heterocycles. The normalized spacial score (nSPS) is 13.5. The Kier molecular flexibility index (Phi) is 7.58. The third kappa shape index (κ3) is 6.39. The van der Waals surface area contributed by atoms with E-state index in [0.717, 1.165) is 12.2 Å². The maximum absolute atomic E-state index is 8.41. The van der Waals surface area contributed by atoms with Crippen molar-refractivity contribution in [1.82, 2.24) is 0 Å². The van der Waals surface area contributed by atoms with Crippen LogP contribution in [-0.2, 0) is 4.74 Å². The molecule has 0 aromatic carbocycles. The Balaban J connectivity index is 2.89. The molecule has 62 valence electrons. The van der Waals surface area contributed by atoms with Gasteiger partial charge in [0.15, 0.2) is 0 Å². The van der Waals surface area contributed by atoms with Gasteiger partial charge in [-0.25, -0.2) is 0 Å². The number of ether oxygens (including phenoxy) is 1. The standard InChI is InChI=1S/C7H16O2S/c1-3-7(2)9-6-10-5-4-8/h7-8H,3-6H2,1-2H3. The summed E-state index contributed by atoms with van der Waals surface area (Å²) in [4.78, 5) is 0. The average molecular weight is 164 g/mol. The number of aliphatic hydroxyl groups is 1. The highest BCUT2D eigenvalue weighted by molar-refractivity contribution is 7.99. The van der Waals surface area contributed by atoms with Crippen LogP contribution in [0.5, 0.6) is 0 Å². The summed E-state index contributed by atoms with van der Waals surface area (Å²) in [5.74, 6) is 1.48. The maximum atomic E-state index is 8.41. The lowest BCUT2D eigenvalue weighted by atomic mass is 10.3. The van der Waals surface area contributed by atoms with Gasteiger partial charge in [-0.2, -0.15) is 0 Å². The molecule has 0 rings (SSSR count). The van der Waals surface area contributed by atoms with Gasteiger partial charge in [-0.05, 0) is 13.3 Å². The van der Waals surface area contributed by atoms with Crippen LogP contribution in [0.15, 0.2) is 0 Å². The molecule has 0 radical (unpaired) electrons. The molecule has 10 heavy (non-hydrogen) atoms. The van der Waals surface area contributed by atoms with Crippen LogP contribution in [0.2, 0.25) is 0 Å². The predicted octanol–water partition coefficient (Wildman–Crippen LogP) is 1.48. The van der Waals surface area contributed by atoms with Gasteiger partial charge in [0.05, 0.1) is 18.6 Å². The van der Waals surface area contributed by atoms with Crippen molar-refractivity contribution in [3.8, 4) is 0 Å². The zero-order valence-electron chi connectivity index (χ0n) is 6.67. The van der Waals surface area contributed by atoms with Gasteiger partial charge in [0.2, 0.25) is 0 Å². The third-order valence-electron chi connectivity index (χ3n) is 1.25. The van der Waals surface area contributed by atoms with Crippen molar-refractivity contribution < 1.29 is 9.84 Å². The summed E-state index contributed by atoms with van der Waals surface area (Å²) in [6.45, 7) is 4.40. The molecular weight excluding hydrogens is 148 g/mol. The molecule has 0 spiro atoms. The minimum Gasteiger partial charge on any atom is -0.396 e. The van der Waals surface area contributed by atoms with Gasteiger partial charge < -0.3 is 9.84 Å². The highest BCUT2D eigenvalue weighted by Crippen LogP contribution is 2.03. The molecule has 2 nitrogen and oxygen atoms in total. The zero-order valence-corrected chi connectivity index (χ0v) is 7.49. The number of hydrogen-bond donors (Lipinski definition) is 1. The summed E-state index contributed by atoms with van der Waals surface area (Å²) in [7, 11) is 0. The van der Waals surface area contributed by atoms with Gasteiger partial charge in [-0.15, -0.1) is 11.8 Å².